The number of aliphatic hydroxyl groups is 5. The van der Waals surface area contributed by atoms with E-state index >= 15 is 0 Å². The van der Waals surface area contributed by atoms with Crippen LogP contribution in [0, 0.1) is 0 Å². The molecule has 1 aliphatic heterocycles. The van der Waals surface area contributed by atoms with Gasteiger partial charge in [-0.1, -0.05) is 287 Å². The number of hydrogen-bond acceptors (Lipinski definition) is 8. The van der Waals surface area contributed by atoms with Crippen molar-refractivity contribution in [2.24, 2.45) is 0 Å². The van der Waals surface area contributed by atoms with E-state index in [-0.39, 0.29) is 12.5 Å². The highest BCUT2D eigenvalue weighted by Crippen LogP contribution is 2.23. The Balaban J connectivity index is 2.07. The van der Waals surface area contributed by atoms with Gasteiger partial charge in [-0.2, -0.15) is 0 Å². The standard InChI is InChI=1S/C66H123NO8/c1-3-5-7-9-11-13-15-17-19-20-21-22-23-24-25-26-27-28-29-30-31-32-33-34-35-36-37-38-39-40-42-44-46-48-50-52-54-56-62(70)67-59(58-74-66-65(73)64(72)63(71)61(57-68)75-66)60(69)55-53-51-49-47-45-43-41-18-16-14-12-10-8-6-4-2/h15,17,20-21,45,47,53,55,59-61,63-66,68-69,71-73H,3-14,16,18-19,22-44,46,48-52,54,56-58H2,1-2H3,(H,67,70)/b17-15-,21-20-,47-45+,55-53+. The Hall–Kier alpha value is -1.85. The second-order valence-electron chi connectivity index (χ2n) is 22.5. The zero-order valence-electron chi connectivity index (χ0n) is 49.1. The summed E-state index contributed by atoms with van der Waals surface area (Å²) in [6, 6.07) is -0.820. The van der Waals surface area contributed by atoms with E-state index in [1.54, 1.807) is 6.08 Å². The van der Waals surface area contributed by atoms with Gasteiger partial charge >= 0.3 is 0 Å². The summed E-state index contributed by atoms with van der Waals surface area (Å²) >= 11 is 0. The van der Waals surface area contributed by atoms with Crippen molar-refractivity contribution in [3.05, 3.63) is 48.6 Å². The Bertz CT molecular complexity index is 1320. The zero-order valence-corrected chi connectivity index (χ0v) is 49.1. The molecule has 1 rings (SSSR count). The van der Waals surface area contributed by atoms with Crippen LogP contribution in [0.25, 0.3) is 0 Å². The molecular weight excluding hydrogens is 935 g/mol. The van der Waals surface area contributed by atoms with Crippen molar-refractivity contribution < 1.29 is 39.8 Å². The number of carbonyl (C=O) groups is 1. The van der Waals surface area contributed by atoms with E-state index in [0.29, 0.717) is 6.42 Å². The van der Waals surface area contributed by atoms with Gasteiger partial charge in [-0.05, 0) is 64.2 Å². The Morgan fingerprint density at radius 3 is 1.20 bits per heavy atom. The van der Waals surface area contributed by atoms with Gasteiger partial charge in [-0.15, -0.1) is 0 Å². The number of aliphatic hydroxyl groups excluding tert-OH is 5. The Labute approximate surface area is 463 Å². The molecule has 1 amide bonds. The minimum atomic E-state index is -1.57. The molecule has 0 aromatic carbocycles. The van der Waals surface area contributed by atoms with Crippen LogP contribution in [0.2, 0.25) is 0 Å². The number of allylic oxidation sites excluding steroid dienone is 7. The number of rotatable bonds is 56. The summed E-state index contributed by atoms with van der Waals surface area (Å²) in [7, 11) is 0. The average molecular weight is 1060 g/mol. The fourth-order valence-electron chi connectivity index (χ4n) is 10.3. The molecule has 0 bridgehead atoms. The second kappa shape index (κ2) is 55.5. The van der Waals surface area contributed by atoms with Gasteiger partial charge in [0.25, 0.3) is 0 Å². The molecule has 1 saturated heterocycles. The summed E-state index contributed by atoms with van der Waals surface area (Å²) in [4.78, 5) is 13.1. The van der Waals surface area contributed by atoms with E-state index in [9.17, 15) is 30.3 Å². The molecular formula is C66H123NO8. The van der Waals surface area contributed by atoms with Crippen LogP contribution in [0.3, 0.4) is 0 Å². The molecule has 0 aliphatic carbocycles. The van der Waals surface area contributed by atoms with E-state index in [2.05, 4.69) is 55.6 Å². The molecule has 0 radical (unpaired) electrons. The third-order valence-corrected chi connectivity index (χ3v) is 15.4. The highest BCUT2D eigenvalue weighted by atomic mass is 16.7. The van der Waals surface area contributed by atoms with Gasteiger partial charge in [0.15, 0.2) is 6.29 Å². The van der Waals surface area contributed by atoms with Gasteiger partial charge in [0.05, 0.1) is 25.4 Å². The van der Waals surface area contributed by atoms with Crippen LogP contribution in [-0.4, -0.2) is 87.5 Å². The Morgan fingerprint density at radius 1 is 0.453 bits per heavy atom. The van der Waals surface area contributed by atoms with Crippen molar-refractivity contribution in [2.75, 3.05) is 13.2 Å². The minimum Gasteiger partial charge on any atom is -0.394 e. The first-order valence-electron chi connectivity index (χ1n) is 32.4. The lowest BCUT2D eigenvalue weighted by molar-refractivity contribution is -0.302. The highest BCUT2D eigenvalue weighted by Gasteiger charge is 2.44. The SMILES string of the molecule is CCCCCCC/C=C\C/C=C\CCCCCCCCCCCCCCCCCCCCCCCCCCCC(=O)NC(COC1OC(CO)C(O)C(O)C1O)C(O)/C=C/CC/C=C/CCCCCCCCCCC. The fourth-order valence-corrected chi connectivity index (χ4v) is 10.3. The maximum Gasteiger partial charge on any atom is 0.220 e. The normalized spacial score (nSPS) is 19.2. The van der Waals surface area contributed by atoms with Crippen molar-refractivity contribution in [3.8, 4) is 0 Å². The lowest BCUT2D eigenvalue weighted by Crippen LogP contribution is -2.60. The molecule has 7 atom stereocenters. The predicted molar refractivity (Wildman–Crippen MR) is 318 cm³/mol. The molecule has 0 saturated carbocycles. The van der Waals surface area contributed by atoms with Gasteiger partial charge < -0.3 is 40.3 Å². The lowest BCUT2D eigenvalue weighted by atomic mass is 9.99. The van der Waals surface area contributed by atoms with Crippen LogP contribution in [0.5, 0.6) is 0 Å². The summed E-state index contributed by atoms with van der Waals surface area (Å²) < 4.78 is 11.3. The second-order valence-corrected chi connectivity index (χ2v) is 22.5. The molecule has 1 heterocycles. The van der Waals surface area contributed by atoms with Crippen LogP contribution < -0.4 is 5.32 Å². The Kier molecular flexibility index (Phi) is 52.6. The Morgan fingerprint density at radius 2 is 0.800 bits per heavy atom. The van der Waals surface area contributed by atoms with E-state index in [4.69, 9.17) is 9.47 Å². The van der Waals surface area contributed by atoms with E-state index in [1.807, 2.05) is 6.08 Å². The van der Waals surface area contributed by atoms with Gasteiger partial charge in [0, 0.05) is 6.42 Å². The zero-order chi connectivity index (χ0) is 54.3. The molecule has 0 aromatic rings. The van der Waals surface area contributed by atoms with Crippen LogP contribution in [0.15, 0.2) is 48.6 Å². The van der Waals surface area contributed by atoms with E-state index < -0.39 is 49.5 Å². The van der Waals surface area contributed by atoms with Crippen molar-refractivity contribution >= 4 is 5.91 Å². The third-order valence-electron chi connectivity index (χ3n) is 15.4. The molecule has 440 valence electrons. The summed E-state index contributed by atoms with van der Waals surface area (Å²) in [5, 5.41) is 54.5. The number of hydrogen-bond donors (Lipinski definition) is 6. The van der Waals surface area contributed by atoms with Crippen LogP contribution in [0.4, 0.5) is 0 Å². The first-order valence-corrected chi connectivity index (χ1v) is 32.4. The van der Waals surface area contributed by atoms with Gasteiger partial charge in [-0.3, -0.25) is 4.79 Å². The highest BCUT2D eigenvalue weighted by molar-refractivity contribution is 5.76. The molecule has 9 nitrogen and oxygen atoms in total. The third kappa shape index (κ3) is 44.7. The first-order chi connectivity index (χ1) is 36.8. The maximum absolute atomic E-state index is 13.1. The quantitative estimate of drug-likeness (QED) is 0.0261. The molecule has 1 fully saturated rings. The van der Waals surface area contributed by atoms with Crippen molar-refractivity contribution in [1.29, 1.82) is 0 Å². The number of carbonyl (C=O) groups excluding carboxylic acids is 1. The number of amides is 1. The average Bonchev–Trinajstić information content (AvgIpc) is 3.41. The minimum absolute atomic E-state index is 0.182. The van der Waals surface area contributed by atoms with Crippen molar-refractivity contribution in [1.82, 2.24) is 5.32 Å². The summed E-state index contributed by atoms with van der Waals surface area (Å²) in [5.74, 6) is -0.182. The summed E-state index contributed by atoms with van der Waals surface area (Å²) in [5.41, 5.74) is 0. The number of ether oxygens (including phenoxy) is 2. The van der Waals surface area contributed by atoms with Crippen molar-refractivity contribution in [2.45, 2.75) is 352 Å². The largest absolute Gasteiger partial charge is 0.394 e. The maximum atomic E-state index is 13.1. The molecule has 6 N–H and O–H groups in total. The monoisotopic (exact) mass is 1060 g/mol. The molecule has 9 heteroatoms. The molecule has 7 unspecified atom stereocenters. The lowest BCUT2D eigenvalue weighted by Gasteiger charge is -2.40. The fraction of sp³-hybridized carbons (Fsp3) is 0.864. The first kappa shape index (κ1) is 71.2. The number of unbranched alkanes of at least 4 members (excludes halogenated alkanes) is 40. The molecule has 0 spiro atoms. The molecule has 75 heavy (non-hydrogen) atoms. The van der Waals surface area contributed by atoms with Crippen LogP contribution in [0.1, 0.15) is 309 Å². The predicted octanol–water partition coefficient (Wildman–Crippen LogP) is 16.9. The summed E-state index contributed by atoms with van der Waals surface area (Å²) in [6.45, 7) is 3.77. The van der Waals surface area contributed by atoms with Gasteiger partial charge in [-0.25, -0.2) is 0 Å². The van der Waals surface area contributed by atoms with Crippen LogP contribution in [-0.2, 0) is 14.3 Å². The molecule has 0 aromatic heterocycles. The topological polar surface area (TPSA) is 149 Å². The smallest absolute Gasteiger partial charge is 0.220 e. The number of nitrogens with one attached hydrogen (secondary N) is 1. The van der Waals surface area contributed by atoms with Gasteiger partial charge in [0.2, 0.25) is 5.91 Å². The van der Waals surface area contributed by atoms with Crippen molar-refractivity contribution in [3.63, 3.8) is 0 Å². The van der Waals surface area contributed by atoms with E-state index in [0.717, 1.165) is 44.9 Å². The van der Waals surface area contributed by atoms with Gasteiger partial charge in [0.1, 0.15) is 24.4 Å². The summed E-state index contributed by atoms with van der Waals surface area (Å²) in [6.07, 6.45) is 67.9. The van der Waals surface area contributed by atoms with Crippen LogP contribution >= 0.6 is 0 Å². The van der Waals surface area contributed by atoms with E-state index in [1.165, 1.54) is 244 Å². The molecule has 1 aliphatic rings.